The van der Waals surface area contributed by atoms with Crippen LogP contribution in [-0.4, -0.2) is 37.2 Å². The first-order valence-electron chi connectivity index (χ1n) is 21.3. The van der Waals surface area contributed by atoms with Crippen LogP contribution in [0.2, 0.25) is 0 Å². The zero-order valence-electron chi connectivity index (χ0n) is 33.3. The van der Waals surface area contributed by atoms with Gasteiger partial charge in [0, 0.05) is 19.3 Å². The molecule has 0 aliphatic heterocycles. The molecular formula is C43H82O6. The van der Waals surface area contributed by atoms with E-state index in [0.717, 1.165) is 69.6 Å². The molecule has 49 heavy (non-hydrogen) atoms. The first-order chi connectivity index (χ1) is 23.8. The number of esters is 3. The summed E-state index contributed by atoms with van der Waals surface area (Å²) < 4.78 is 16.6. The molecule has 0 aromatic carbocycles. The van der Waals surface area contributed by atoms with Crippen LogP contribution in [0.4, 0.5) is 0 Å². The second kappa shape index (κ2) is 36.2. The highest BCUT2D eigenvalue weighted by molar-refractivity contribution is 5.71. The number of carbonyl (C=O) groups is 3. The van der Waals surface area contributed by atoms with Crippen molar-refractivity contribution in [1.29, 1.82) is 0 Å². The van der Waals surface area contributed by atoms with E-state index < -0.39 is 6.10 Å². The van der Waals surface area contributed by atoms with E-state index in [1.807, 2.05) is 0 Å². The highest BCUT2D eigenvalue weighted by atomic mass is 16.6. The first-order valence-corrected chi connectivity index (χ1v) is 21.3. The first kappa shape index (κ1) is 47.4. The molecule has 0 fully saturated rings. The van der Waals surface area contributed by atoms with Crippen molar-refractivity contribution in [3.63, 3.8) is 0 Å². The summed E-state index contributed by atoms with van der Waals surface area (Å²) in [5.41, 5.74) is 0. The van der Waals surface area contributed by atoms with E-state index in [1.165, 1.54) is 116 Å². The Morgan fingerprint density at radius 2 is 0.714 bits per heavy atom. The third-order valence-corrected chi connectivity index (χ3v) is 10.2. The molecule has 0 spiro atoms. The molecule has 0 radical (unpaired) electrons. The summed E-state index contributed by atoms with van der Waals surface area (Å²) in [5, 5.41) is 0. The number of hydrogen-bond acceptors (Lipinski definition) is 6. The van der Waals surface area contributed by atoms with Gasteiger partial charge in [0.2, 0.25) is 0 Å². The zero-order chi connectivity index (χ0) is 36.2. The molecule has 2 unspecified atom stereocenters. The van der Waals surface area contributed by atoms with Gasteiger partial charge in [0.25, 0.3) is 0 Å². The maximum absolute atomic E-state index is 12.6. The van der Waals surface area contributed by atoms with E-state index >= 15 is 0 Å². The van der Waals surface area contributed by atoms with Crippen molar-refractivity contribution < 1.29 is 28.6 Å². The average molecular weight is 695 g/mol. The molecule has 0 aliphatic rings. The summed E-state index contributed by atoms with van der Waals surface area (Å²) in [6, 6.07) is 0. The number of ether oxygens (including phenoxy) is 3. The Morgan fingerprint density at radius 1 is 0.408 bits per heavy atom. The minimum atomic E-state index is -0.759. The molecule has 0 saturated heterocycles. The van der Waals surface area contributed by atoms with Crippen molar-refractivity contribution in [2.75, 3.05) is 13.2 Å². The van der Waals surface area contributed by atoms with Crippen LogP contribution in [0.25, 0.3) is 0 Å². The number of hydrogen-bond donors (Lipinski definition) is 0. The van der Waals surface area contributed by atoms with Gasteiger partial charge in [-0.1, -0.05) is 189 Å². The normalized spacial score (nSPS) is 13.2. The Morgan fingerprint density at radius 3 is 1.06 bits per heavy atom. The van der Waals surface area contributed by atoms with Gasteiger partial charge in [0.15, 0.2) is 6.10 Å². The zero-order valence-corrected chi connectivity index (χ0v) is 33.3. The fraction of sp³-hybridized carbons (Fsp3) is 0.930. The van der Waals surface area contributed by atoms with E-state index in [9.17, 15) is 14.4 Å². The van der Waals surface area contributed by atoms with Gasteiger partial charge in [0.05, 0.1) is 0 Å². The van der Waals surface area contributed by atoms with E-state index in [-0.39, 0.29) is 31.1 Å². The SMILES string of the molecule is CCCCCCCCCC(=O)OC[C@H](COC(=O)CCCCCCCCCCCCC(C)CC)OC(=O)CCCCCCCCC(C)CC. The Hall–Kier alpha value is -1.59. The predicted octanol–water partition coefficient (Wildman–Crippen LogP) is 13.0. The molecule has 0 heterocycles. The molecule has 0 aliphatic carbocycles. The van der Waals surface area contributed by atoms with Crippen molar-refractivity contribution in [2.24, 2.45) is 11.8 Å². The van der Waals surface area contributed by atoms with Crippen LogP contribution in [0.15, 0.2) is 0 Å². The fourth-order valence-corrected chi connectivity index (χ4v) is 6.16. The van der Waals surface area contributed by atoms with Crippen molar-refractivity contribution in [2.45, 2.75) is 233 Å². The van der Waals surface area contributed by atoms with Crippen LogP contribution in [0.5, 0.6) is 0 Å². The molecule has 290 valence electrons. The summed E-state index contributed by atoms with van der Waals surface area (Å²) >= 11 is 0. The lowest BCUT2D eigenvalue weighted by atomic mass is 9.99. The minimum Gasteiger partial charge on any atom is -0.462 e. The maximum Gasteiger partial charge on any atom is 0.306 e. The predicted molar refractivity (Wildman–Crippen MR) is 206 cm³/mol. The number of unbranched alkanes of at least 4 members (excludes halogenated alkanes) is 20. The van der Waals surface area contributed by atoms with Crippen LogP contribution in [0.1, 0.15) is 227 Å². The van der Waals surface area contributed by atoms with Gasteiger partial charge >= 0.3 is 17.9 Å². The summed E-state index contributed by atoms with van der Waals surface area (Å²) in [7, 11) is 0. The van der Waals surface area contributed by atoms with Gasteiger partial charge in [-0.25, -0.2) is 0 Å². The van der Waals surface area contributed by atoms with Crippen molar-refractivity contribution in [1.82, 2.24) is 0 Å². The standard InChI is InChI=1S/C43H82O6/c1-6-9-10-11-16-23-28-33-41(44)47-36-40(49-43(46)35-30-25-20-19-22-27-32-39(5)8-3)37-48-42(45)34-29-24-18-15-13-12-14-17-21-26-31-38(4)7-2/h38-40H,6-37H2,1-5H3/t38?,39?,40-/m1/s1. The monoisotopic (exact) mass is 695 g/mol. The number of carbonyl (C=O) groups excluding carboxylic acids is 3. The summed E-state index contributed by atoms with van der Waals surface area (Å²) in [6.07, 6.45) is 32.3. The maximum atomic E-state index is 12.6. The third kappa shape index (κ3) is 34.6. The Labute approximate surface area is 304 Å². The van der Waals surface area contributed by atoms with Gasteiger partial charge in [-0.15, -0.1) is 0 Å². The molecule has 3 atom stereocenters. The Bertz CT molecular complexity index is 753. The van der Waals surface area contributed by atoms with Gasteiger partial charge in [0.1, 0.15) is 13.2 Å². The molecule has 6 heteroatoms. The van der Waals surface area contributed by atoms with Crippen molar-refractivity contribution in [3.8, 4) is 0 Å². The second-order valence-electron chi connectivity index (χ2n) is 15.1. The summed E-state index contributed by atoms with van der Waals surface area (Å²) in [4.78, 5) is 37.5. The molecule has 0 bridgehead atoms. The lowest BCUT2D eigenvalue weighted by Crippen LogP contribution is -2.30. The highest BCUT2D eigenvalue weighted by Gasteiger charge is 2.19. The lowest BCUT2D eigenvalue weighted by Gasteiger charge is -2.18. The molecule has 0 saturated carbocycles. The van der Waals surface area contributed by atoms with Gasteiger partial charge < -0.3 is 14.2 Å². The Kier molecular flexibility index (Phi) is 35.0. The van der Waals surface area contributed by atoms with Crippen molar-refractivity contribution in [3.05, 3.63) is 0 Å². The minimum absolute atomic E-state index is 0.0666. The van der Waals surface area contributed by atoms with Gasteiger partial charge in [-0.3, -0.25) is 14.4 Å². The van der Waals surface area contributed by atoms with E-state index in [1.54, 1.807) is 0 Å². The fourth-order valence-electron chi connectivity index (χ4n) is 6.16. The van der Waals surface area contributed by atoms with E-state index in [2.05, 4.69) is 34.6 Å². The molecule has 0 rings (SSSR count). The lowest BCUT2D eigenvalue weighted by molar-refractivity contribution is -0.167. The van der Waals surface area contributed by atoms with Crippen LogP contribution < -0.4 is 0 Å². The number of rotatable bonds is 37. The second-order valence-corrected chi connectivity index (χ2v) is 15.1. The summed E-state index contributed by atoms with van der Waals surface area (Å²) in [6.45, 7) is 11.3. The third-order valence-electron chi connectivity index (χ3n) is 10.2. The van der Waals surface area contributed by atoms with Crippen LogP contribution in [0, 0.1) is 11.8 Å². The molecule has 0 amide bonds. The van der Waals surface area contributed by atoms with Gasteiger partial charge in [-0.05, 0) is 31.1 Å². The van der Waals surface area contributed by atoms with Crippen LogP contribution >= 0.6 is 0 Å². The smallest absolute Gasteiger partial charge is 0.306 e. The topological polar surface area (TPSA) is 78.9 Å². The van der Waals surface area contributed by atoms with Crippen LogP contribution in [0.3, 0.4) is 0 Å². The quantitative estimate of drug-likeness (QED) is 0.0366. The van der Waals surface area contributed by atoms with Crippen molar-refractivity contribution >= 4 is 17.9 Å². The van der Waals surface area contributed by atoms with Gasteiger partial charge in [-0.2, -0.15) is 0 Å². The van der Waals surface area contributed by atoms with E-state index in [4.69, 9.17) is 14.2 Å². The average Bonchev–Trinajstić information content (AvgIpc) is 3.10. The molecule has 0 N–H and O–H groups in total. The molecule has 0 aromatic rings. The van der Waals surface area contributed by atoms with Crippen LogP contribution in [-0.2, 0) is 28.6 Å². The molecule has 6 nitrogen and oxygen atoms in total. The molecule has 0 aromatic heterocycles. The largest absolute Gasteiger partial charge is 0.462 e. The summed E-state index contributed by atoms with van der Waals surface area (Å²) in [5.74, 6) is 0.808. The Balaban J connectivity index is 4.30. The van der Waals surface area contributed by atoms with E-state index in [0.29, 0.717) is 19.3 Å². The highest BCUT2D eigenvalue weighted by Crippen LogP contribution is 2.17. The molecular weight excluding hydrogens is 612 g/mol.